The topological polar surface area (TPSA) is 40.5 Å². The summed E-state index contributed by atoms with van der Waals surface area (Å²) in [6.45, 7) is 0.0794. The fraction of sp³-hybridized carbons (Fsp3) is 0.111. The Morgan fingerprint density at radius 3 is 2.14 bits per heavy atom. The van der Waals surface area contributed by atoms with Crippen LogP contribution in [0.4, 0.5) is 0 Å². The highest BCUT2D eigenvalue weighted by molar-refractivity contribution is 7.98. The molecule has 106 valence electrons. The van der Waals surface area contributed by atoms with Crippen LogP contribution in [0, 0.1) is 0 Å². The molecule has 3 aromatic rings. The molecule has 2 nitrogen and oxygen atoms in total. The Morgan fingerprint density at radius 1 is 0.762 bits per heavy atom. The van der Waals surface area contributed by atoms with E-state index >= 15 is 0 Å². The first-order valence-electron chi connectivity index (χ1n) is 6.80. The number of benzene rings is 3. The molecule has 0 spiro atoms. The number of fused-ring (bicyclic) bond motifs is 1. The van der Waals surface area contributed by atoms with Gasteiger partial charge < -0.3 is 10.2 Å². The molecule has 0 saturated heterocycles. The Bertz CT molecular complexity index is 751. The lowest BCUT2D eigenvalue weighted by atomic mass is 10.1. The average Bonchev–Trinajstić information content (AvgIpc) is 2.55. The van der Waals surface area contributed by atoms with E-state index in [1.54, 1.807) is 17.8 Å². The number of rotatable bonds is 4. The maximum atomic E-state index is 9.91. The Balaban J connectivity index is 1.83. The summed E-state index contributed by atoms with van der Waals surface area (Å²) >= 11 is 1.75. The number of aliphatic hydroxyl groups excluding tert-OH is 1. The highest BCUT2D eigenvalue weighted by atomic mass is 32.2. The van der Waals surface area contributed by atoms with Crippen LogP contribution in [-0.4, -0.2) is 10.2 Å². The summed E-state index contributed by atoms with van der Waals surface area (Å²) in [6, 6.07) is 19.6. The first kappa shape index (κ1) is 14.0. The molecule has 0 aliphatic heterocycles. The summed E-state index contributed by atoms with van der Waals surface area (Å²) in [6.07, 6.45) is 0. The van der Waals surface area contributed by atoms with Crippen LogP contribution in [0.1, 0.15) is 11.1 Å². The number of hydrogen-bond donors (Lipinski definition) is 2. The molecule has 3 rings (SSSR count). The smallest absolute Gasteiger partial charge is 0.123 e. The molecule has 3 aromatic carbocycles. The number of aromatic hydroxyl groups is 1. The normalized spacial score (nSPS) is 10.9. The lowest BCUT2D eigenvalue weighted by Gasteiger charge is -2.08. The Kier molecular flexibility index (Phi) is 4.13. The fourth-order valence-electron chi connectivity index (χ4n) is 2.28. The fourth-order valence-corrected chi connectivity index (χ4v) is 3.30. The van der Waals surface area contributed by atoms with Crippen molar-refractivity contribution in [1.29, 1.82) is 0 Å². The highest BCUT2D eigenvalue weighted by Crippen LogP contribution is 2.34. The highest BCUT2D eigenvalue weighted by Gasteiger charge is 2.05. The van der Waals surface area contributed by atoms with Gasteiger partial charge in [0, 0.05) is 16.0 Å². The van der Waals surface area contributed by atoms with Gasteiger partial charge in [-0.15, -0.1) is 11.8 Å². The largest absolute Gasteiger partial charge is 0.507 e. The molecular weight excluding hydrogens is 280 g/mol. The number of thioether (sulfide) groups is 1. The molecule has 0 heterocycles. The van der Waals surface area contributed by atoms with Gasteiger partial charge >= 0.3 is 0 Å². The van der Waals surface area contributed by atoms with Gasteiger partial charge in [0.1, 0.15) is 5.75 Å². The predicted molar refractivity (Wildman–Crippen MR) is 87.5 cm³/mol. The van der Waals surface area contributed by atoms with E-state index in [-0.39, 0.29) is 6.61 Å². The van der Waals surface area contributed by atoms with Gasteiger partial charge in [0.25, 0.3) is 0 Å². The molecule has 0 amide bonds. The van der Waals surface area contributed by atoms with Crippen LogP contribution in [0.25, 0.3) is 10.8 Å². The molecule has 2 N–H and O–H groups in total. The molecular formula is C18H16O2S. The van der Waals surface area contributed by atoms with E-state index in [1.165, 1.54) is 5.56 Å². The van der Waals surface area contributed by atoms with Crippen molar-refractivity contribution in [2.45, 2.75) is 17.3 Å². The van der Waals surface area contributed by atoms with Crippen molar-refractivity contribution in [3.05, 3.63) is 71.8 Å². The van der Waals surface area contributed by atoms with E-state index < -0.39 is 0 Å². The molecule has 3 heteroatoms. The molecule has 0 unspecified atom stereocenters. The van der Waals surface area contributed by atoms with Gasteiger partial charge in [-0.3, -0.25) is 0 Å². The van der Waals surface area contributed by atoms with Crippen molar-refractivity contribution in [3.63, 3.8) is 0 Å². The van der Waals surface area contributed by atoms with Crippen molar-refractivity contribution in [2.24, 2.45) is 0 Å². The number of aliphatic hydroxyl groups is 1. The summed E-state index contributed by atoms with van der Waals surface area (Å²) in [5.41, 5.74) is 2.15. The van der Waals surface area contributed by atoms with E-state index in [1.807, 2.05) is 54.6 Å². The quantitative estimate of drug-likeness (QED) is 0.704. The lowest BCUT2D eigenvalue weighted by Crippen LogP contribution is -1.85. The second-order valence-electron chi connectivity index (χ2n) is 4.89. The first-order chi connectivity index (χ1) is 10.3. The maximum absolute atomic E-state index is 9.91. The lowest BCUT2D eigenvalue weighted by molar-refractivity contribution is 0.282. The third-order valence-electron chi connectivity index (χ3n) is 3.46. The molecule has 0 atom stereocenters. The van der Waals surface area contributed by atoms with Crippen molar-refractivity contribution in [1.82, 2.24) is 0 Å². The van der Waals surface area contributed by atoms with Gasteiger partial charge in [-0.25, -0.2) is 0 Å². The number of phenolic OH excluding ortho intramolecular Hbond substituents is 1. The van der Waals surface area contributed by atoms with E-state index in [4.69, 9.17) is 5.11 Å². The summed E-state index contributed by atoms with van der Waals surface area (Å²) in [5, 5.41) is 20.9. The molecule has 0 fully saturated rings. The third kappa shape index (κ3) is 3.04. The summed E-state index contributed by atoms with van der Waals surface area (Å²) in [4.78, 5) is 1.16. The van der Waals surface area contributed by atoms with Crippen molar-refractivity contribution in [3.8, 4) is 5.75 Å². The molecule has 0 radical (unpaired) electrons. The van der Waals surface area contributed by atoms with Gasteiger partial charge in [-0.2, -0.15) is 0 Å². The molecule has 0 aliphatic rings. The maximum Gasteiger partial charge on any atom is 0.123 e. The van der Waals surface area contributed by atoms with E-state index in [2.05, 4.69) is 0 Å². The average molecular weight is 296 g/mol. The first-order valence-corrected chi connectivity index (χ1v) is 7.78. The molecule has 21 heavy (non-hydrogen) atoms. The van der Waals surface area contributed by atoms with Gasteiger partial charge in [-0.05, 0) is 28.6 Å². The van der Waals surface area contributed by atoms with Gasteiger partial charge in [0.15, 0.2) is 0 Å². The van der Waals surface area contributed by atoms with Crippen LogP contribution in [0.5, 0.6) is 5.75 Å². The van der Waals surface area contributed by atoms with Crippen LogP contribution in [0.2, 0.25) is 0 Å². The number of hydrogen-bond acceptors (Lipinski definition) is 3. The zero-order valence-electron chi connectivity index (χ0n) is 11.5. The Morgan fingerprint density at radius 2 is 1.43 bits per heavy atom. The van der Waals surface area contributed by atoms with Crippen molar-refractivity contribution >= 4 is 22.5 Å². The Hall–Kier alpha value is -1.97. The zero-order chi connectivity index (χ0) is 14.7. The minimum absolute atomic E-state index is 0.0794. The molecule has 0 aliphatic carbocycles. The van der Waals surface area contributed by atoms with Crippen molar-refractivity contribution < 1.29 is 10.2 Å². The van der Waals surface area contributed by atoms with Crippen LogP contribution < -0.4 is 0 Å². The standard InChI is InChI=1S/C18H16O2S/c19-11-13-5-7-14(8-6-13)12-21-18-10-9-17(20)15-3-1-2-4-16(15)18/h1-10,19-20H,11-12H2. The van der Waals surface area contributed by atoms with Crippen LogP contribution in [0.3, 0.4) is 0 Å². The van der Waals surface area contributed by atoms with Crippen molar-refractivity contribution in [2.75, 3.05) is 0 Å². The summed E-state index contributed by atoms with van der Waals surface area (Å²) in [5.74, 6) is 1.18. The minimum atomic E-state index is 0.0794. The SMILES string of the molecule is OCc1ccc(CSc2ccc(O)c3ccccc23)cc1. The predicted octanol–water partition coefficient (Wildman–Crippen LogP) is 4.33. The molecule has 0 saturated carbocycles. The van der Waals surface area contributed by atoms with Gasteiger partial charge in [-0.1, -0.05) is 48.5 Å². The second kappa shape index (κ2) is 6.20. The second-order valence-corrected chi connectivity index (χ2v) is 5.91. The van der Waals surface area contributed by atoms with E-state index in [9.17, 15) is 5.11 Å². The number of phenols is 1. The Labute approximate surface area is 128 Å². The van der Waals surface area contributed by atoms with E-state index in [0.717, 1.165) is 27.0 Å². The zero-order valence-corrected chi connectivity index (χ0v) is 12.3. The third-order valence-corrected chi connectivity index (χ3v) is 4.61. The van der Waals surface area contributed by atoms with Crippen LogP contribution in [-0.2, 0) is 12.4 Å². The monoisotopic (exact) mass is 296 g/mol. The van der Waals surface area contributed by atoms with Crippen LogP contribution in [0.15, 0.2) is 65.6 Å². The molecule has 0 bridgehead atoms. The minimum Gasteiger partial charge on any atom is -0.507 e. The van der Waals surface area contributed by atoms with Gasteiger partial charge in [0.05, 0.1) is 6.61 Å². The van der Waals surface area contributed by atoms with Crippen LogP contribution >= 0.6 is 11.8 Å². The summed E-state index contributed by atoms with van der Waals surface area (Å²) in [7, 11) is 0. The molecule has 0 aromatic heterocycles. The summed E-state index contributed by atoms with van der Waals surface area (Å²) < 4.78 is 0. The van der Waals surface area contributed by atoms with E-state index in [0.29, 0.717) is 5.75 Å². The van der Waals surface area contributed by atoms with Gasteiger partial charge in [0.2, 0.25) is 0 Å².